The molecule has 0 saturated carbocycles. The molecular formula is C11H20N2O3. The topological polar surface area (TPSA) is 49.9 Å². The number of esters is 1. The van der Waals surface area contributed by atoms with Crippen molar-refractivity contribution in [1.82, 2.24) is 9.80 Å². The molecule has 16 heavy (non-hydrogen) atoms. The molecule has 0 aromatic carbocycles. The van der Waals surface area contributed by atoms with E-state index in [1.807, 2.05) is 6.92 Å². The zero-order chi connectivity index (χ0) is 12.0. The quantitative estimate of drug-likeness (QED) is 0.608. The summed E-state index contributed by atoms with van der Waals surface area (Å²) in [7, 11) is 1.40. The minimum absolute atomic E-state index is 0.196. The van der Waals surface area contributed by atoms with E-state index >= 15 is 0 Å². The molecule has 0 radical (unpaired) electrons. The van der Waals surface area contributed by atoms with Gasteiger partial charge in [0.1, 0.15) is 5.78 Å². The summed E-state index contributed by atoms with van der Waals surface area (Å²) in [6, 6.07) is 0. The molecule has 1 aliphatic rings. The molecule has 5 heteroatoms. The Kier molecular flexibility index (Phi) is 5.42. The molecule has 0 aromatic heterocycles. The predicted octanol–water partition coefficient (Wildman–Crippen LogP) is -0.244. The fourth-order valence-corrected chi connectivity index (χ4v) is 1.71. The van der Waals surface area contributed by atoms with Crippen LogP contribution in [0.15, 0.2) is 0 Å². The highest BCUT2D eigenvalue weighted by molar-refractivity contribution is 5.80. The van der Waals surface area contributed by atoms with E-state index in [2.05, 4.69) is 14.5 Å². The molecule has 5 nitrogen and oxygen atoms in total. The lowest BCUT2D eigenvalue weighted by atomic mass is 10.2. The second-order valence-electron chi connectivity index (χ2n) is 4.02. The number of ether oxygens (including phenoxy) is 1. The number of ketones is 1. The van der Waals surface area contributed by atoms with Gasteiger partial charge in [-0.2, -0.15) is 0 Å². The number of nitrogens with zero attached hydrogens (tertiary/aromatic N) is 2. The Labute approximate surface area is 96.3 Å². The van der Waals surface area contributed by atoms with Crippen LogP contribution in [0.1, 0.15) is 13.3 Å². The van der Waals surface area contributed by atoms with Gasteiger partial charge in [0.15, 0.2) is 0 Å². The number of carbonyl (C=O) groups excluding carboxylic acids is 2. The summed E-state index contributed by atoms with van der Waals surface area (Å²) in [5.74, 6) is 0.0829. The monoisotopic (exact) mass is 228 g/mol. The van der Waals surface area contributed by atoms with Crippen LogP contribution < -0.4 is 0 Å². The number of Topliss-reactive ketones (excluding diaryl/α,β-unsaturated/α-hetero) is 1. The molecule has 1 fully saturated rings. The van der Waals surface area contributed by atoms with Gasteiger partial charge in [0, 0.05) is 32.6 Å². The molecule has 0 bridgehead atoms. The highest BCUT2D eigenvalue weighted by atomic mass is 16.5. The van der Waals surface area contributed by atoms with Crippen LogP contribution in [0.5, 0.6) is 0 Å². The van der Waals surface area contributed by atoms with E-state index in [-0.39, 0.29) is 11.8 Å². The largest absolute Gasteiger partial charge is 0.468 e. The van der Waals surface area contributed by atoms with E-state index in [1.54, 1.807) is 0 Å². The lowest BCUT2D eigenvalue weighted by Gasteiger charge is -2.33. The van der Waals surface area contributed by atoms with Crippen molar-refractivity contribution in [2.24, 2.45) is 0 Å². The maximum absolute atomic E-state index is 11.3. The molecule has 0 aliphatic carbocycles. The van der Waals surface area contributed by atoms with Crippen LogP contribution >= 0.6 is 0 Å². The van der Waals surface area contributed by atoms with Crippen LogP contribution in [0, 0.1) is 0 Å². The maximum atomic E-state index is 11.3. The van der Waals surface area contributed by atoms with Crippen LogP contribution in [0.4, 0.5) is 0 Å². The van der Waals surface area contributed by atoms with E-state index in [0.29, 0.717) is 19.5 Å². The summed E-state index contributed by atoms with van der Waals surface area (Å²) < 4.78 is 4.61. The van der Waals surface area contributed by atoms with Crippen molar-refractivity contribution in [3.63, 3.8) is 0 Å². The lowest BCUT2D eigenvalue weighted by Crippen LogP contribution is -2.49. The number of carbonyl (C=O) groups is 2. The molecule has 0 aromatic rings. The second kappa shape index (κ2) is 6.60. The lowest BCUT2D eigenvalue weighted by molar-refractivity contribution is -0.142. The zero-order valence-corrected chi connectivity index (χ0v) is 10.1. The van der Waals surface area contributed by atoms with Crippen molar-refractivity contribution in [1.29, 1.82) is 0 Å². The minimum Gasteiger partial charge on any atom is -0.468 e. The Balaban J connectivity index is 2.23. The molecule has 0 N–H and O–H groups in total. The van der Waals surface area contributed by atoms with Gasteiger partial charge in [-0.25, -0.2) is 0 Å². The fraction of sp³-hybridized carbons (Fsp3) is 0.818. The van der Waals surface area contributed by atoms with E-state index in [0.717, 1.165) is 26.2 Å². The number of piperazine rings is 1. The molecular weight excluding hydrogens is 208 g/mol. The second-order valence-corrected chi connectivity index (χ2v) is 4.02. The van der Waals surface area contributed by atoms with Crippen LogP contribution in [-0.4, -0.2) is 67.9 Å². The average molecular weight is 228 g/mol. The number of methoxy groups -OCH3 is 1. The van der Waals surface area contributed by atoms with Crippen molar-refractivity contribution >= 4 is 11.8 Å². The maximum Gasteiger partial charge on any atom is 0.319 e. The van der Waals surface area contributed by atoms with Crippen molar-refractivity contribution in [2.75, 3.05) is 46.4 Å². The fourth-order valence-electron chi connectivity index (χ4n) is 1.71. The number of rotatable bonds is 5. The van der Waals surface area contributed by atoms with Crippen molar-refractivity contribution in [3.8, 4) is 0 Å². The van der Waals surface area contributed by atoms with Crippen molar-refractivity contribution < 1.29 is 14.3 Å². The Morgan fingerprint density at radius 2 is 1.56 bits per heavy atom. The standard InChI is InChI=1S/C11H20N2O3/c1-3-10(14)8-12-4-6-13(7-5-12)9-11(15)16-2/h3-9H2,1-2H3. The Bertz CT molecular complexity index is 222. The third-order valence-electron chi connectivity index (χ3n) is 2.84. The van der Waals surface area contributed by atoms with Crippen LogP contribution in [-0.2, 0) is 14.3 Å². The van der Waals surface area contributed by atoms with Gasteiger partial charge in [-0.15, -0.1) is 0 Å². The molecule has 0 unspecified atom stereocenters. The zero-order valence-electron chi connectivity index (χ0n) is 10.1. The highest BCUT2D eigenvalue weighted by Gasteiger charge is 2.19. The van der Waals surface area contributed by atoms with Gasteiger partial charge >= 0.3 is 5.97 Å². The first-order valence-corrected chi connectivity index (χ1v) is 5.69. The average Bonchev–Trinajstić information content (AvgIpc) is 2.31. The van der Waals surface area contributed by atoms with Gasteiger partial charge in [0.25, 0.3) is 0 Å². The summed E-state index contributed by atoms with van der Waals surface area (Å²) in [6.07, 6.45) is 0.600. The summed E-state index contributed by atoms with van der Waals surface area (Å²) in [5, 5.41) is 0. The van der Waals surface area contributed by atoms with Gasteiger partial charge in [0.05, 0.1) is 20.2 Å². The van der Waals surface area contributed by atoms with Crippen molar-refractivity contribution in [2.45, 2.75) is 13.3 Å². The van der Waals surface area contributed by atoms with Crippen LogP contribution in [0.3, 0.4) is 0 Å². The molecule has 0 amide bonds. The highest BCUT2D eigenvalue weighted by Crippen LogP contribution is 2.02. The Morgan fingerprint density at radius 3 is 2.00 bits per heavy atom. The van der Waals surface area contributed by atoms with E-state index < -0.39 is 0 Å². The van der Waals surface area contributed by atoms with Crippen LogP contribution in [0.2, 0.25) is 0 Å². The third kappa shape index (κ3) is 4.28. The number of hydrogen-bond acceptors (Lipinski definition) is 5. The minimum atomic E-state index is -0.196. The molecule has 1 rings (SSSR count). The van der Waals surface area contributed by atoms with Crippen LogP contribution in [0.25, 0.3) is 0 Å². The van der Waals surface area contributed by atoms with Gasteiger partial charge in [-0.1, -0.05) is 6.92 Å². The summed E-state index contributed by atoms with van der Waals surface area (Å²) in [5.41, 5.74) is 0. The molecule has 0 atom stereocenters. The molecule has 1 heterocycles. The van der Waals surface area contributed by atoms with Gasteiger partial charge in [0.2, 0.25) is 0 Å². The summed E-state index contributed by atoms with van der Waals surface area (Å²) >= 11 is 0. The smallest absolute Gasteiger partial charge is 0.319 e. The van der Waals surface area contributed by atoms with E-state index in [1.165, 1.54) is 7.11 Å². The Hall–Kier alpha value is -0.940. The van der Waals surface area contributed by atoms with Crippen molar-refractivity contribution in [3.05, 3.63) is 0 Å². The van der Waals surface area contributed by atoms with E-state index in [9.17, 15) is 9.59 Å². The summed E-state index contributed by atoms with van der Waals surface area (Å²) in [6.45, 7) is 6.13. The van der Waals surface area contributed by atoms with Gasteiger partial charge in [-0.05, 0) is 0 Å². The number of hydrogen-bond donors (Lipinski definition) is 0. The molecule has 92 valence electrons. The SMILES string of the molecule is CCC(=O)CN1CCN(CC(=O)OC)CC1. The first kappa shape index (κ1) is 13.1. The summed E-state index contributed by atoms with van der Waals surface area (Å²) in [4.78, 5) is 26.5. The molecule has 0 spiro atoms. The van der Waals surface area contributed by atoms with Gasteiger partial charge in [-0.3, -0.25) is 19.4 Å². The predicted molar refractivity (Wildman–Crippen MR) is 60.2 cm³/mol. The normalized spacial score (nSPS) is 18.4. The molecule has 1 aliphatic heterocycles. The first-order chi connectivity index (χ1) is 7.65. The van der Waals surface area contributed by atoms with E-state index in [4.69, 9.17) is 0 Å². The molecule has 1 saturated heterocycles. The van der Waals surface area contributed by atoms with Gasteiger partial charge < -0.3 is 4.74 Å². The third-order valence-corrected chi connectivity index (χ3v) is 2.84. The Morgan fingerprint density at radius 1 is 1.06 bits per heavy atom. The first-order valence-electron chi connectivity index (χ1n) is 5.69.